The van der Waals surface area contributed by atoms with E-state index in [0.29, 0.717) is 0 Å². The molecule has 0 amide bonds. The van der Waals surface area contributed by atoms with Crippen LogP contribution in [0.3, 0.4) is 0 Å². The molecule has 1 N–H and O–H groups in total. The predicted molar refractivity (Wildman–Crippen MR) is 79.2 cm³/mol. The maximum atomic E-state index is 13.1. The van der Waals surface area contributed by atoms with Gasteiger partial charge in [0.1, 0.15) is 11.6 Å². The van der Waals surface area contributed by atoms with Crippen molar-refractivity contribution in [1.82, 2.24) is 5.32 Å². The topological polar surface area (TPSA) is 25.2 Å². The second kappa shape index (κ2) is 6.23. The van der Waals surface area contributed by atoms with Gasteiger partial charge in [-0.15, -0.1) is 0 Å². The molecule has 0 spiro atoms. The van der Waals surface area contributed by atoms with Gasteiger partial charge in [0.05, 0.1) is 12.3 Å². The molecule has 0 saturated heterocycles. The van der Waals surface area contributed by atoms with E-state index in [4.69, 9.17) is 4.42 Å². The molecule has 20 heavy (non-hydrogen) atoms. The molecule has 1 atom stereocenters. The van der Waals surface area contributed by atoms with Gasteiger partial charge in [-0.2, -0.15) is 0 Å². The molecule has 2 nitrogen and oxygen atoms in total. The van der Waals surface area contributed by atoms with E-state index >= 15 is 0 Å². The Kier molecular flexibility index (Phi) is 4.61. The monoisotopic (exact) mass is 275 g/mol. The smallest absolute Gasteiger partial charge is 0.123 e. The number of rotatable bonds is 6. The highest BCUT2D eigenvalue weighted by Crippen LogP contribution is 2.37. The first-order valence-electron chi connectivity index (χ1n) is 7.08. The molecule has 1 aromatic carbocycles. The van der Waals surface area contributed by atoms with E-state index in [1.807, 2.05) is 24.3 Å². The molecule has 2 rings (SSSR count). The number of benzene rings is 1. The predicted octanol–water partition coefficient (Wildman–Crippen LogP) is 4.44. The van der Waals surface area contributed by atoms with Crippen LogP contribution in [0.25, 0.3) is 0 Å². The number of hydrogen-bond donors (Lipinski definition) is 1. The summed E-state index contributed by atoms with van der Waals surface area (Å²) in [5, 5.41) is 3.54. The summed E-state index contributed by atoms with van der Waals surface area (Å²) in [5.41, 5.74) is 0.893. The Balaban J connectivity index is 2.32. The molecule has 0 aliphatic carbocycles. The second-order valence-electron chi connectivity index (χ2n) is 5.63. The summed E-state index contributed by atoms with van der Waals surface area (Å²) in [6.45, 7) is 7.35. The fourth-order valence-corrected chi connectivity index (χ4v) is 2.50. The second-order valence-corrected chi connectivity index (χ2v) is 5.63. The molecular formula is C17H22FNO. The Morgan fingerprint density at radius 3 is 2.45 bits per heavy atom. The third-order valence-corrected chi connectivity index (χ3v) is 3.74. The first kappa shape index (κ1) is 14.8. The third kappa shape index (κ3) is 3.10. The molecule has 0 fully saturated rings. The SMILES string of the molecule is CCCNC(c1ccco1)C(C)(C)c1ccc(F)cc1. The summed E-state index contributed by atoms with van der Waals surface area (Å²) >= 11 is 0. The van der Waals surface area contributed by atoms with E-state index in [1.54, 1.807) is 6.26 Å². The van der Waals surface area contributed by atoms with Crippen molar-refractivity contribution in [1.29, 1.82) is 0 Å². The molecule has 0 aliphatic heterocycles. The maximum absolute atomic E-state index is 13.1. The molecule has 108 valence electrons. The van der Waals surface area contributed by atoms with Gasteiger partial charge in [0, 0.05) is 5.41 Å². The molecule has 3 heteroatoms. The summed E-state index contributed by atoms with van der Waals surface area (Å²) in [7, 11) is 0. The van der Waals surface area contributed by atoms with Crippen molar-refractivity contribution in [2.45, 2.75) is 38.6 Å². The normalized spacial score (nSPS) is 13.4. The van der Waals surface area contributed by atoms with Crippen LogP contribution in [0, 0.1) is 5.82 Å². The first-order valence-corrected chi connectivity index (χ1v) is 7.08. The van der Waals surface area contributed by atoms with Crippen molar-refractivity contribution >= 4 is 0 Å². The Morgan fingerprint density at radius 1 is 1.20 bits per heavy atom. The highest BCUT2D eigenvalue weighted by Gasteiger charge is 2.33. The van der Waals surface area contributed by atoms with Crippen LogP contribution in [-0.2, 0) is 5.41 Å². The zero-order chi connectivity index (χ0) is 14.6. The first-order chi connectivity index (χ1) is 9.55. The van der Waals surface area contributed by atoms with Crippen molar-refractivity contribution in [3.8, 4) is 0 Å². The van der Waals surface area contributed by atoms with Crippen LogP contribution < -0.4 is 5.32 Å². The van der Waals surface area contributed by atoms with E-state index < -0.39 is 0 Å². The van der Waals surface area contributed by atoms with Crippen LogP contribution in [0.1, 0.15) is 44.6 Å². The highest BCUT2D eigenvalue weighted by molar-refractivity contribution is 5.29. The summed E-state index contributed by atoms with van der Waals surface area (Å²) in [4.78, 5) is 0. The van der Waals surface area contributed by atoms with Gasteiger partial charge in [-0.05, 0) is 42.8 Å². The van der Waals surface area contributed by atoms with Gasteiger partial charge in [0.15, 0.2) is 0 Å². The van der Waals surface area contributed by atoms with Gasteiger partial charge >= 0.3 is 0 Å². The van der Waals surface area contributed by atoms with Gasteiger partial charge in [-0.1, -0.05) is 32.9 Å². The molecule has 1 heterocycles. The van der Waals surface area contributed by atoms with Gasteiger partial charge in [-0.3, -0.25) is 0 Å². The Labute approximate surface area is 120 Å². The largest absolute Gasteiger partial charge is 0.468 e. The van der Waals surface area contributed by atoms with Crippen LogP contribution in [-0.4, -0.2) is 6.54 Å². The number of nitrogens with one attached hydrogen (secondary N) is 1. The van der Waals surface area contributed by atoms with E-state index in [9.17, 15) is 4.39 Å². The van der Waals surface area contributed by atoms with Gasteiger partial charge < -0.3 is 9.73 Å². The van der Waals surface area contributed by atoms with Crippen molar-refractivity contribution in [3.63, 3.8) is 0 Å². The van der Waals surface area contributed by atoms with Gasteiger partial charge in [0.2, 0.25) is 0 Å². The molecular weight excluding hydrogens is 253 g/mol. The van der Waals surface area contributed by atoms with E-state index in [-0.39, 0.29) is 17.3 Å². The van der Waals surface area contributed by atoms with E-state index in [1.165, 1.54) is 12.1 Å². The zero-order valence-electron chi connectivity index (χ0n) is 12.3. The number of halogens is 1. The summed E-state index contributed by atoms with van der Waals surface area (Å²) in [5.74, 6) is 0.702. The lowest BCUT2D eigenvalue weighted by molar-refractivity contribution is 0.297. The lowest BCUT2D eigenvalue weighted by Crippen LogP contribution is -2.37. The van der Waals surface area contributed by atoms with Crippen molar-refractivity contribution < 1.29 is 8.81 Å². The maximum Gasteiger partial charge on any atom is 0.123 e. The van der Waals surface area contributed by atoms with Gasteiger partial charge in [0.25, 0.3) is 0 Å². The molecule has 1 aromatic heterocycles. The quantitative estimate of drug-likeness (QED) is 0.843. The van der Waals surface area contributed by atoms with Crippen molar-refractivity contribution in [2.24, 2.45) is 0 Å². The number of hydrogen-bond acceptors (Lipinski definition) is 2. The van der Waals surface area contributed by atoms with Gasteiger partial charge in [-0.25, -0.2) is 4.39 Å². The Bertz CT molecular complexity index is 516. The lowest BCUT2D eigenvalue weighted by Gasteiger charge is -2.34. The molecule has 0 bridgehead atoms. The molecule has 2 aromatic rings. The minimum atomic E-state index is -0.208. The summed E-state index contributed by atoms with van der Waals surface area (Å²) in [6, 6.07) is 10.7. The van der Waals surface area contributed by atoms with Crippen LogP contribution >= 0.6 is 0 Å². The fraction of sp³-hybridized carbons (Fsp3) is 0.412. The highest BCUT2D eigenvalue weighted by atomic mass is 19.1. The van der Waals surface area contributed by atoms with Crippen LogP contribution in [0.5, 0.6) is 0 Å². The molecule has 0 radical (unpaired) electrons. The molecule has 0 saturated carbocycles. The fourth-order valence-electron chi connectivity index (χ4n) is 2.50. The molecule has 1 unspecified atom stereocenters. The standard InChI is InChI=1S/C17H22FNO/c1-4-11-19-16(15-6-5-12-20-15)17(2,3)13-7-9-14(18)10-8-13/h5-10,12,16,19H,4,11H2,1-3H3. The van der Waals surface area contributed by atoms with Crippen LogP contribution in [0.15, 0.2) is 47.1 Å². The summed E-state index contributed by atoms with van der Waals surface area (Å²) in [6.07, 6.45) is 2.74. The lowest BCUT2D eigenvalue weighted by atomic mass is 9.76. The number of furan rings is 1. The molecule has 0 aliphatic rings. The van der Waals surface area contributed by atoms with E-state index in [0.717, 1.165) is 24.3 Å². The Morgan fingerprint density at radius 2 is 1.90 bits per heavy atom. The zero-order valence-corrected chi connectivity index (χ0v) is 12.3. The minimum Gasteiger partial charge on any atom is -0.468 e. The Hall–Kier alpha value is -1.61. The van der Waals surface area contributed by atoms with Crippen molar-refractivity contribution in [3.05, 3.63) is 59.8 Å². The minimum absolute atomic E-state index is 0.0583. The van der Waals surface area contributed by atoms with Crippen LogP contribution in [0.4, 0.5) is 4.39 Å². The van der Waals surface area contributed by atoms with Crippen LogP contribution in [0.2, 0.25) is 0 Å². The third-order valence-electron chi connectivity index (χ3n) is 3.74. The van der Waals surface area contributed by atoms with E-state index in [2.05, 4.69) is 26.1 Å². The average molecular weight is 275 g/mol. The van der Waals surface area contributed by atoms with Crippen molar-refractivity contribution in [2.75, 3.05) is 6.54 Å². The summed E-state index contributed by atoms with van der Waals surface area (Å²) < 4.78 is 18.7. The average Bonchev–Trinajstić information content (AvgIpc) is 2.93.